The molecule has 0 bridgehead atoms. The first-order chi connectivity index (χ1) is 11.9. The van der Waals surface area contributed by atoms with E-state index < -0.39 is 17.5 Å². The van der Waals surface area contributed by atoms with Crippen molar-refractivity contribution in [2.45, 2.75) is 0 Å². The van der Waals surface area contributed by atoms with Crippen molar-refractivity contribution >= 4 is 34.2 Å². The molecule has 0 aliphatic carbocycles. The van der Waals surface area contributed by atoms with Crippen LogP contribution < -0.4 is 11.5 Å². The van der Waals surface area contributed by atoms with Crippen molar-refractivity contribution in [1.29, 1.82) is 0 Å². The first-order valence-electron chi connectivity index (χ1n) is 7.04. The molecule has 3 rings (SSSR count). The number of nitrogens with zero attached hydrogens (tertiary/aromatic N) is 2. The molecule has 0 spiro atoms. The summed E-state index contributed by atoms with van der Waals surface area (Å²) in [5.41, 5.74) is 11.3. The Morgan fingerprint density at radius 1 is 1.08 bits per heavy atom. The quantitative estimate of drug-likeness (QED) is 0.541. The van der Waals surface area contributed by atoms with E-state index in [1.165, 1.54) is 30.3 Å². The zero-order valence-electron chi connectivity index (χ0n) is 12.6. The van der Waals surface area contributed by atoms with Crippen LogP contribution in [0, 0.1) is 11.6 Å². The molecule has 1 heterocycles. The number of pyridine rings is 1. The third-order valence-corrected chi connectivity index (χ3v) is 3.82. The maximum atomic E-state index is 14.1. The largest absolute Gasteiger partial charge is 0.370 e. The van der Waals surface area contributed by atoms with E-state index in [-0.39, 0.29) is 21.9 Å². The summed E-state index contributed by atoms with van der Waals surface area (Å²) < 4.78 is 27.4. The highest BCUT2D eigenvalue weighted by atomic mass is 35.5. The van der Waals surface area contributed by atoms with Gasteiger partial charge in [0.15, 0.2) is 5.96 Å². The number of aromatic nitrogens is 1. The van der Waals surface area contributed by atoms with Gasteiger partial charge in [0, 0.05) is 21.9 Å². The Morgan fingerprint density at radius 3 is 2.52 bits per heavy atom. The maximum absolute atomic E-state index is 14.1. The summed E-state index contributed by atoms with van der Waals surface area (Å²) in [5.74, 6) is -2.15. The minimum Gasteiger partial charge on any atom is -0.370 e. The van der Waals surface area contributed by atoms with Gasteiger partial charge in [-0.05, 0) is 30.3 Å². The minimum absolute atomic E-state index is 0.112. The van der Waals surface area contributed by atoms with Crippen molar-refractivity contribution < 1.29 is 13.6 Å². The molecule has 0 saturated carbocycles. The van der Waals surface area contributed by atoms with Crippen LogP contribution >= 0.6 is 11.6 Å². The number of amides is 1. The lowest BCUT2D eigenvalue weighted by atomic mass is 10.0. The molecule has 0 unspecified atom stereocenters. The van der Waals surface area contributed by atoms with Gasteiger partial charge in [-0.15, -0.1) is 0 Å². The van der Waals surface area contributed by atoms with Crippen molar-refractivity contribution in [1.82, 2.24) is 4.98 Å². The van der Waals surface area contributed by atoms with Gasteiger partial charge < -0.3 is 11.5 Å². The molecule has 0 aliphatic rings. The van der Waals surface area contributed by atoms with Crippen molar-refractivity contribution in [2.24, 2.45) is 16.5 Å². The Morgan fingerprint density at radius 2 is 1.84 bits per heavy atom. The number of rotatable bonds is 2. The first kappa shape index (κ1) is 16.8. The molecule has 0 aliphatic heterocycles. The van der Waals surface area contributed by atoms with Crippen LogP contribution in [-0.4, -0.2) is 16.9 Å². The summed E-state index contributed by atoms with van der Waals surface area (Å²) in [6.07, 6.45) is 1.04. The lowest BCUT2D eigenvalue weighted by molar-refractivity contribution is 0.100. The highest BCUT2D eigenvalue weighted by molar-refractivity contribution is 6.33. The van der Waals surface area contributed by atoms with Gasteiger partial charge in [0.2, 0.25) is 0 Å². The van der Waals surface area contributed by atoms with Gasteiger partial charge >= 0.3 is 0 Å². The SMILES string of the molecule is NC(N)=NC(=O)c1ccc2c(F)cnc(-c3ccc(F)cc3Cl)c2c1. The summed E-state index contributed by atoms with van der Waals surface area (Å²) in [6.45, 7) is 0. The molecule has 5 nitrogen and oxygen atoms in total. The van der Waals surface area contributed by atoms with Crippen LogP contribution in [0.1, 0.15) is 10.4 Å². The Balaban J connectivity index is 2.27. The molecule has 4 N–H and O–H groups in total. The van der Waals surface area contributed by atoms with E-state index in [0.29, 0.717) is 16.6 Å². The Kier molecular flexibility index (Phi) is 4.33. The number of benzene rings is 2. The van der Waals surface area contributed by atoms with Gasteiger partial charge in [-0.2, -0.15) is 4.99 Å². The van der Waals surface area contributed by atoms with Crippen LogP contribution in [0.25, 0.3) is 22.0 Å². The molecule has 1 aromatic heterocycles. The summed E-state index contributed by atoms with van der Waals surface area (Å²) in [6, 6.07) is 8.00. The van der Waals surface area contributed by atoms with Crippen LogP contribution in [-0.2, 0) is 0 Å². The fourth-order valence-corrected chi connectivity index (χ4v) is 2.68. The third-order valence-electron chi connectivity index (χ3n) is 3.50. The van der Waals surface area contributed by atoms with Crippen LogP contribution in [0.4, 0.5) is 8.78 Å². The van der Waals surface area contributed by atoms with Crippen molar-refractivity contribution in [3.63, 3.8) is 0 Å². The number of hydrogen-bond donors (Lipinski definition) is 2. The number of fused-ring (bicyclic) bond motifs is 1. The highest BCUT2D eigenvalue weighted by Gasteiger charge is 2.15. The zero-order chi connectivity index (χ0) is 18.1. The molecule has 0 fully saturated rings. The summed E-state index contributed by atoms with van der Waals surface area (Å²) in [4.78, 5) is 19.5. The molecule has 0 atom stereocenters. The van der Waals surface area contributed by atoms with Crippen LogP contribution in [0.15, 0.2) is 47.6 Å². The standard InChI is InChI=1S/C17H11ClF2N4O/c18-13-6-9(19)2-4-11(13)15-12-5-8(16(25)24-17(21)22)1-3-10(12)14(20)7-23-15/h1-7H,(H4,21,22,24,25). The number of nitrogens with two attached hydrogens (primary N) is 2. The number of aliphatic imine (C=N–C) groups is 1. The lowest BCUT2D eigenvalue weighted by Gasteiger charge is -2.09. The minimum atomic E-state index is -0.678. The third kappa shape index (κ3) is 3.27. The van der Waals surface area contributed by atoms with Crippen molar-refractivity contribution in [3.05, 3.63) is 64.8 Å². The Labute approximate surface area is 145 Å². The Hall–Kier alpha value is -3.06. The number of guanidine groups is 1. The molecule has 1 amide bonds. The molecule has 2 aromatic carbocycles. The molecular formula is C17H11ClF2N4O. The van der Waals surface area contributed by atoms with Gasteiger partial charge in [-0.25, -0.2) is 8.78 Å². The van der Waals surface area contributed by atoms with E-state index in [1.54, 1.807) is 0 Å². The highest BCUT2D eigenvalue weighted by Crippen LogP contribution is 2.33. The zero-order valence-corrected chi connectivity index (χ0v) is 13.4. The lowest BCUT2D eigenvalue weighted by Crippen LogP contribution is -2.24. The molecule has 0 radical (unpaired) electrons. The number of hydrogen-bond acceptors (Lipinski definition) is 2. The maximum Gasteiger partial charge on any atom is 0.280 e. The average Bonchev–Trinajstić information content (AvgIpc) is 2.55. The fraction of sp³-hybridized carbons (Fsp3) is 0. The normalized spacial score (nSPS) is 10.7. The van der Waals surface area contributed by atoms with Gasteiger partial charge in [-0.1, -0.05) is 17.7 Å². The number of carbonyl (C=O) groups is 1. The van der Waals surface area contributed by atoms with E-state index >= 15 is 0 Å². The van der Waals surface area contributed by atoms with Crippen LogP contribution in [0.5, 0.6) is 0 Å². The predicted molar refractivity (Wildman–Crippen MR) is 92.2 cm³/mol. The second kappa shape index (κ2) is 6.45. The van der Waals surface area contributed by atoms with Crippen molar-refractivity contribution in [3.8, 4) is 11.3 Å². The summed E-state index contributed by atoms with van der Waals surface area (Å²) >= 11 is 6.08. The molecule has 8 heteroatoms. The smallest absolute Gasteiger partial charge is 0.280 e. The molecule has 3 aromatic rings. The molecular weight excluding hydrogens is 350 g/mol. The van der Waals surface area contributed by atoms with Crippen LogP contribution in [0.2, 0.25) is 5.02 Å². The second-order valence-corrected chi connectivity index (χ2v) is 5.59. The summed E-state index contributed by atoms with van der Waals surface area (Å²) in [5, 5.41) is 0.665. The van der Waals surface area contributed by atoms with Gasteiger partial charge in [0.1, 0.15) is 11.6 Å². The van der Waals surface area contributed by atoms with E-state index in [2.05, 4.69) is 9.98 Å². The van der Waals surface area contributed by atoms with Crippen molar-refractivity contribution in [2.75, 3.05) is 0 Å². The number of carbonyl (C=O) groups excluding carboxylic acids is 1. The van der Waals surface area contributed by atoms with Gasteiger partial charge in [0.25, 0.3) is 5.91 Å². The average molecular weight is 361 g/mol. The monoisotopic (exact) mass is 360 g/mol. The molecule has 126 valence electrons. The van der Waals surface area contributed by atoms with E-state index in [1.807, 2.05) is 0 Å². The molecule has 25 heavy (non-hydrogen) atoms. The summed E-state index contributed by atoms with van der Waals surface area (Å²) in [7, 11) is 0. The molecule has 0 saturated heterocycles. The Bertz CT molecular complexity index is 1030. The number of halogens is 3. The van der Waals surface area contributed by atoms with Gasteiger partial charge in [0.05, 0.1) is 16.9 Å². The second-order valence-electron chi connectivity index (χ2n) is 5.18. The first-order valence-corrected chi connectivity index (χ1v) is 7.42. The topological polar surface area (TPSA) is 94.4 Å². The van der Waals surface area contributed by atoms with E-state index in [4.69, 9.17) is 23.1 Å². The van der Waals surface area contributed by atoms with E-state index in [0.717, 1.165) is 12.3 Å². The van der Waals surface area contributed by atoms with Crippen LogP contribution in [0.3, 0.4) is 0 Å². The fourth-order valence-electron chi connectivity index (χ4n) is 2.42. The van der Waals surface area contributed by atoms with Gasteiger partial charge in [-0.3, -0.25) is 9.78 Å². The van der Waals surface area contributed by atoms with E-state index in [9.17, 15) is 13.6 Å². The predicted octanol–water partition coefficient (Wildman–Crippen LogP) is 3.25.